The van der Waals surface area contributed by atoms with Gasteiger partial charge in [0.25, 0.3) is 0 Å². The summed E-state index contributed by atoms with van der Waals surface area (Å²) in [6.07, 6.45) is 0.957. The molecule has 7 nitrogen and oxygen atoms in total. The average Bonchev–Trinajstić information content (AvgIpc) is 2.76. The first-order valence-electron chi connectivity index (χ1n) is 9.75. The van der Waals surface area contributed by atoms with Gasteiger partial charge in [-0.05, 0) is 48.5 Å². The van der Waals surface area contributed by atoms with Crippen molar-refractivity contribution in [3.05, 3.63) is 83.1 Å². The van der Waals surface area contributed by atoms with E-state index < -0.39 is 28.3 Å². The Balaban J connectivity index is 1.77. The van der Waals surface area contributed by atoms with Crippen LogP contribution in [0.5, 0.6) is 17.2 Å². The SMILES string of the molecule is COc1ccc(Oc2ccc(Cl)cc2NC(=O)CN(Cc2ccccc2F)S(C)(=O)=O)cc1. The molecule has 0 aliphatic carbocycles. The van der Waals surface area contributed by atoms with Crippen LogP contribution in [0.2, 0.25) is 5.02 Å². The van der Waals surface area contributed by atoms with Gasteiger partial charge in [0.05, 0.1) is 25.6 Å². The van der Waals surface area contributed by atoms with E-state index >= 15 is 0 Å². The number of carbonyl (C=O) groups is 1. The summed E-state index contributed by atoms with van der Waals surface area (Å²) in [4.78, 5) is 12.7. The minimum atomic E-state index is -3.80. The summed E-state index contributed by atoms with van der Waals surface area (Å²) in [5, 5.41) is 2.97. The number of nitrogens with one attached hydrogen (secondary N) is 1. The van der Waals surface area contributed by atoms with Crippen molar-refractivity contribution < 1.29 is 27.1 Å². The lowest BCUT2D eigenvalue weighted by molar-refractivity contribution is -0.116. The first-order valence-corrected chi connectivity index (χ1v) is 12.0. The van der Waals surface area contributed by atoms with Gasteiger partial charge in [-0.2, -0.15) is 4.31 Å². The third kappa shape index (κ3) is 6.92. The monoisotopic (exact) mass is 492 g/mol. The van der Waals surface area contributed by atoms with Crippen molar-refractivity contribution in [3.8, 4) is 17.2 Å². The summed E-state index contributed by atoms with van der Waals surface area (Å²) < 4.78 is 50.3. The second-order valence-electron chi connectivity index (χ2n) is 7.09. The zero-order valence-electron chi connectivity index (χ0n) is 17.9. The van der Waals surface area contributed by atoms with E-state index in [1.807, 2.05) is 0 Å². The molecular formula is C23H22ClFN2O5S. The molecule has 0 atom stereocenters. The van der Waals surface area contributed by atoms with Crippen molar-refractivity contribution in [2.75, 3.05) is 25.2 Å². The number of amides is 1. The van der Waals surface area contributed by atoms with Crippen molar-refractivity contribution in [2.45, 2.75) is 6.54 Å². The van der Waals surface area contributed by atoms with Gasteiger partial charge in [-0.1, -0.05) is 29.8 Å². The molecule has 0 aliphatic heterocycles. The van der Waals surface area contributed by atoms with Crippen molar-refractivity contribution in [1.29, 1.82) is 0 Å². The molecule has 3 aromatic carbocycles. The highest BCUT2D eigenvalue weighted by molar-refractivity contribution is 7.88. The lowest BCUT2D eigenvalue weighted by Gasteiger charge is -2.20. The minimum Gasteiger partial charge on any atom is -0.497 e. The molecule has 0 heterocycles. The number of carbonyl (C=O) groups excluding carboxylic acids is 1. The van der Waals surface area contributed by atoms with Crippen LogP contribution in [0.4, 0.5) is 10.1 Å². The maximum Gasteiger partial charge on any atom is 0.239 e. The van der Waals surface area contributed by atoms with Crippen molar-refractivity contribution in [3.63, 3.8) is 0 Å². The Bertz CT molecular complexity index is 1240. The van der Waals surface area contributed by atoms with Crippen LogP contribution in [0.1, 0.15) is 5.56 Å². The smallest absolute Gasteiger partial charge is 0.239 e. The number of nitrogens with zero attached hydrogens (tertiary/aromatic N) is 1. The predicted molar refractivity (Wildman–Crippen MR) is 125 cm³/mol. The molecule has 0 fully saturated rings. The number of benzene rings is 3. The van der Waals surface area contributed by atoms with Crippen LogP contribution in [0.25, 0.3) is 0 Å². The highest BCUT2D eigenvalue weighted by Gasteiger charge is 2.22. The highest BCUT2D eigenvalue weighted by atomic mass is 35.5. The van der Waals surface area contributed by atoms with Crippen LogP contribution >= 0.6 is 11.6 Å². The van der Waals surface area contributed by atoms with E-state index in [0.29, 0.717) is 22.3 Å². The predicted octanol–water partition coefficient (Wildman–Crippen LogP) is 4.68. The van der Waals surface area contributed by atoms with Crippen LogP contribution < -0.4 is 14.8 Å². The van der Waals surface area contributed by atoms with Gasteiger partial charge >= 0.3 is 0 Å². The largest absolute Gasteiger partial charge is 0.497 e. The minimum absolute atomic E-state index is 0.155. The van der Waals surface area contributed by atoms with Gasteiger partial charge in [-0.3, -0.25) is 4.79 Å². The summed E-state index contributed by atoms with van der Waals surface area (Å²) in [6, 6.07) is 17.3. The van der Waals surface area contributed by atoms with E-state index in [2.05, 4.69) is 5.32 Å². The standard InChI is InChI=1S/C23H22ClFN2O5S/c1-31-18-8-10-19(11-9-18)32-22-12-7-17(24)13-21(22)26-23(28)15-27(33(2,29)30)14-16-5-3-4-6-20(16)25/h3-13H,14-15H2,1-2H3,(H,26,28). The molecule has 3 rings (SSSR count). The van der Waals surface area contributed by atoms with Crippen LogP contribution in [0.3, 0.4) is 0 Å². The van der Waals surface area contributed by atoms with E-state index in [1.54, 1.807) is 49.6 Å². The molecule has 0 aromatic heterocycles. The lowest BCUT2D eigenvalue weighted by atomic mass is 10.2. The van der Waals surface area contributed by atoms with Crippen molar-refractivity contribution >= 4 is 33.2 Å². The van der Waals surface area contributed by atoms with Crippen LogP contribution in [0, 0.1) is 5.82 Å². The molecule has 0 saturated heterocycles. The summed E-state index contributed by atoms with van der Waals surface area (Å²) >= 11 is 6.07. The number of ether oxygens (including phenoxy) is 2. The van der Waals surface area contributed by atoms with Crippen molar-refractivity contribution in [2.24, 2.45) is 0 Å². The maximum atomic E-state index is 14.0. The number of rotatable bonds is 9. The van der Waals surface area contributed by atoms with Crippen LogP contribution in [-0.4, -0.2) is 38.5 Å². The number of sulfonamides is 1. The van der Waals surface area contributed by atoms with Gasteiger partial charge in [0.2, 0.25) is 15.9 Å². The normalized spacial score (nSPS) is 11.3. The fraction of sp³-hybridized carbons (Fsp3) is 0.174. The van der Waals surface area contributed by atoms with E-state index in [-0.39, 0.29) is 17.8 Å². The molecular weight excluding hydrogens is 471 g/mol. The maximum absolute atomic E-state index is 14.0. The number of methoxy groups -OCH3 is 1. The lowest BCUT2D eigenvalue weighted by Crippen LogP contribution is -2.37. The zero-order chi connectivity index (χ0) is 24.0. The van der Waals surface area contributed by atoms with Gasteiger partial charge in [-0.15, -0.1) is 0 Å². The topological polar surface area (TPSA) is 84.9 Å². The highest BCUT2D eigenvalue weighted by Crippen LogP contribution is 2.32. The summed E-state index contributed by atoms with van der Waals surface area (Å²) in [6.45, 7) is -0.814. The molecule has 0 aliphatic rings. The molecule has 1 N–H and O–H groups in total. The van der Waals surface area contributed by atoms with Gasteiger partial charge in [0, 0.05) is 17.1 Å². The van der Waals surface area contributed by atoms with E-state index in [9.17, 15) is 17.6 Å². The quantitative estimate of drug-likeness (QED) is 0.469. The third-order valence-corrected chi connectivity index (χ3v) is 6.03. The average molecular weight is 493 g/mol. The Labute approximate surface area is 196 Å². The first-order chi connectivity index (χ1) is 15.7. The molecule has 0 saturated carbocycles. The third-order valence-electron chi connectivity index (χ3n) is 4.60. The Kier molecular flexibility index (Phi) is 7.91. The van der Waals surface area contributed by atoms with Gasteiger partial charge in [-0.25, -0.2) is 12.8 Å². The number of hydrogen-bond donors (Lipinski definition) is 1. The summed E-state index contributed by atoms with van der Waals surface area (Å²) in [5.41, 5.74) is 0.407. The molecule has 174 valence electrons. The van der Waals surface area contributed by atoms with Crippen molar-refractivity contribution in [1.82, 2.24) is 4.31 Å². The number of anilines is 1. The Morgan fingerprint density at radius 2 is 1.73 bits per heavy atom. The molecule has 3 aromatic rings. The molecule has 0 bridgehead atoms. The molecule has 0 spiro atoms. The number of hydrogen-bond acceptors (Lipinski definition) is 5. The molecule has 10 heteroatoms. The fourth-order valence-corrected chi connectivity index (χ4v) is 3.81. The van der Waals surface area contributed by atoms with Gasteiger partial charge in [0.1, 0.15) is 17.3 Å². The Hall–Kier alpha value is -3.14. The van der Waals surface area contributed by atoms with E-state index in [4.69, 9.17) is 21.1 Å². The zero-order valence-corrected chi connectivity index (χ0v) is 19.5. The first kappa shape index (κ1) is 24.5. The Morgan fingerprint density at radius 3 is 2.36 bits per heavy atom. The van der Waals surface area contributed by atoms with E-state index in [0.717, 1.165) is 10.6 Å². The second-order valence-corrected chi connectivity index (χ2v) is 9.51. The molecule has 1 amide bonds. The van der Waals surface area contributed by atoms with Gasteiger partial charge < -0.3 is 14.8 Å². The number of halogens is 2. The van der Waals surface area contributed by atoms with Crippen LogP contribution in [0.15, 0.2) is 66.7 Å². The Morgan fingerprint density at radius 1 is 1.06 bits per heavy atom. The molecule has 33 heavy (non-hydrogen) atoms. The fourth-order valence-electron chi connectivity index (χ4n) is 2.92. The molecule has 0 radical (unpaired) electrons. The summed E-state index contributed by atoms with van der Waals surface area (Å²) in [5.74, 6) is 0.252. The molecule has 0 unspecified atom stereocenters. The van der Waals surface area contributed by atoms with Gasteiger partial charge in [0.15, 0.2) is 5.75 Å². The second kappa shape index (κ2) is 10.7. The van der Waals surface area contributed by atoms with E-state index in [1.165, 1.54) is 24.3 Å². The summed E-state index contributed by atoms with van der Waals surface area (Å²) in [7, 11) is -2.25. The van der Waals surface area contributed by atoms with Crippen LogP contribution in [-0.2, 0) is 21.4 Å².